The van der Waals surface area contributed by atoms with E-state index in [0.29, 0.717) is 37.4 Å². The Balaban J connectivity index is 1.54. The van der Waals surface area contributed by atoms with E-state index in [1.165, 1.54) is 44.8 Å². The Morgan fingerprint density at radius 1 is 1.02 bits per heavy atom. The molecule has 0 N–H and O–H groups in total. The van der Waals surface area contributed by atoms with Gasteiger partial charge >= 0.3 is 11.9 Å². The summed E-state index contributed by atoms with van der Waals surface area (Å²) in [5, 5.41) is 4.84. The average molecular weight is 742 g/mol. The Morgan fingerprint density at radius 2 is 1.73 bits per heavy atom. The molecule has 268 valence electrons. The lowest BCUT2D eigenvalue weighted by Crippen LogP contribution is -2.40. The summed E-state index contributed by atoms with van der Waals surface area (Å²) in [7, 11) is 0.699. The van der Waals surface area contributed by atoms with Gasteiger partial charge in [0.05, 0.1) is 51.8 Å². The maximum absolute atomic E-state index is 14.5. The highest BCUT2D eigenvalue weighted by molar-refractivity contribution is 7.89. The number of nitrogens with zero attached hydrogens (tertiary/aromatic N) is 5. The van der Waals surface area contributed by atoms with Crippen molar-refractivity contribution in [3.05, 3.63) is 121 Å². The van der Waals surface area contributed by atoms with Crippen molar-refractivity contribution in [1.29, 1.82) is 0 Å². The average Bonchev–Trinajstić information content (AvgIpc) is 3.68. The highest BCUT2D eigenvalue weighted by Gasteiger charge is 2.34. The molecule has 1 aliphatic rings. The van der Waals surface area contributed by atoms with Crippen LogP contribution in [0.5, 0.6) is 11.5 Å². The number of thiazole rings is 1. The number of carbonyl (C=O) groups excluding carboxylic acids is 2. The smallest absolute Gasteiger partial charge is 0.338 e. The first-order chi connectivity index (χ1) is 24.8. The third-order valence-corrected chi connectivity index (χ3v) is 11.0. The predicted octanol–water partition coefficient (Wildman–Crippen LogP) is 3.84. The molecular formula is C37H35N5O8S2. The topological polar surface area (TPSA) is 151 Å². The van der Waals surface area contributed by atoms with Gasteiger partial charge in [-0.25, -0.2) is 27.2 Å². The number of allylic oxidation sites excluding steroid dienone is 1. The standard InChI is InChI=1S/C37H35N5O8S2/c1-7-49-36(45)32-22(2)38-37-42(34(32)25-15-18-29(50-23(3)43)30(19-25)48-6)35(44)31(51-37)20-26-21-41(27-11-9-8-10-12-27)39-33(26)24-13-16-28(17-14-24)52(46,47)40(4)5/h8-21,34H,7H2,1-6H3/b31-20-. The maximum atomic E-state index is 14.5. The number of rotatable bonds is 10. The van der Waals surface area contributed by atoms with E-state index in [4.69, 9.17) is 19.3 Å². The minimum absolute atomic E-state index is 0.109. The zero-order valence-electron chi connectivity index (χ0n) is 29.2. The van der Waals surface area contributed by atoms with E-state index in [1.807, 2.05) is 30.3 Å². The Hall–Kier alpha value is -5.64. The second-order valence-corrected chi connectivity index (χ2v) is 15.0. The third-order valence-electron chi connectivity index (χ3n) is 8.23. The molecule has 0 bridgehead atoms. The van der Waals surface area contributed by atoms with Crippen molar-refractivity contribution in [2.45, 2.75) is 31.7 Å². The molecule has 13 nitrogen and oxygen atoms in total. The molecule has 1 aliphatic heterocycles. The molecule has 5 aromatic rings. The number of hydrogen-bond acceptors (Lipinski definition) is 11. The fraction of sp³-hybridized carbons (Fsp3) is 0.216. The van der Waals surface area contributed by atoms with Crippen LogP contribution in [0, 0.1) is 0 Å². The van der Waals surface area contributed by atoms with Crippen molar-refractivity contribution in [3.8, 4) is 28.4 Å². The van der Waals surface area contributed by atoms with Crippen LogP contribution < -0.4 is 24.4 Å². The Bertz CT molecular complexity index is 2520. The van der Waals surface area contributed by atoms with Crippen molar-refractivity contribution >= 4 is 39.4 Å². The van der Waals surface area contributed by atoms with E-state index >= 15 is 0 Å². The number of carbonyl (C=O) groups is 2. The molecule has 0 aliphatic carbocycles. The molecule has 3 aromatic carbocycles. The Morgan fingerprint density at radius 3 is 2.37 bits per heavy atom. The number of benzene rings is 3. The highest BCUT2D eigenvalue weighted by atomic mass is 32.2. The number of hydrogen-bond donors (Lipinski definition) is 0. The van der Waals surface area contributed by atoms with E-state index in [9.17, 15) is 22.8 Å². The number of aromatic nitrogens is 3. The van der Waals surface area contributed by atoms with Crippen LogP contribution in [-0.2, 0) is 24.3 Å². The van der Waals surface area contributed by atoms with E-state index in [0.717, 1.165) is 21.3 Å². The van der Waals surface area contributed by atoms with Gasteiger partial charge in [0, 0.05) is 38.3 Å². The molecule has 0 amide bonds. The zero-order valence-corrected chi connectivity index (χ0v) is 30.8. The number of ether oxygens (including phenoxy) is 3. The van der Waals surface area contributed by atoms with Crippen molar-refractivity contribution in [2.24, 2.45) is 4.99 Å². The molecule has 0 fully saturated rings. The SMILES string of the molecule is CCOC(=O)C1=C(C)N=c2s/c(=C\c3cn(-c4ccccc4)nc3-c3ccc(S(=O)(=O)N(C)C)cc3)c(=O)n2C1c1ccc(OC(C)=O)c(OC)c1. The molecule has 2 aromatic heterocycles. The molecule has 6 rings (SSSR count). The molecule has 0 saturated heterocycles. The maximum Gasteiger partial charge on any atom is 0.338 e. The van der Waals surface area contributed by atoms with Gasteiger partial charge in [0.1, 0.15) is 0 Å². The number of esters is 2. The largest absolute Gasteiger partial charge is 0.493 e. The van der Waals surface area contributed by atoms with E-state index in [2.05, 4.69) is 4.99 Å². The molecule has 0 saturated carbocycles. The van der Waals surface area contributed by atoms with Crippen LogP contribution >= 0.6 is 11.3 Å². The van der Waals surface area contributed by atoms with Crippen LogP contribution in [0.4, 0.5) is 0 Å². The number of para-hydroxylation sites is 1. The summed E-state index contributed by atoms with van der Waals surface area (Å²) >= 11 is 1.15. The minimum atomic E-state index is -3.66. The van der Waals surface area contributed by atoms with Gasteiger partial charge in [-0.3, -0.25) is 14.2 Å². The van der Waals surface area contributed by atoms with Crippen LogP contribution in [0.15, 0.2) is 105 Å². The van der Waals surface area contributed by atoms with Crippen molar-refractivity contribution in [2.75, 3.05) is 27.8 Å². The van der Waals surface area contributed by atoms with Gasteiger partial charge < -0.3 is 14.2 Å². The lowest BCUT2D eigenvalue weighted by atomic mass is 9.95. The second kappa shape index (κ2) is 14.5. The lowest BCUT2D eigenvalue weighted by Gasteiger charge is -2.25. The fourth-order valence-corrected chi connectivity index (χ4v) is 7.71. The summed E-state index contributed by atoms with van der Waals surface area (Å²) in [6.45, 7) is 4.76. The Kier molecular flexibility index (Phi) is 10.1. The van der Waals surface area contributed by atoms with Crippen LogP contribution in [0.25, 0.3) is 23.0 Å². The fourth-order valence-electron chi connectivity index (χ4n) is 5.77. The quantitative estimate of drug-likeness (QED) is 0.154. The first kappa shape index (κ1) is 36.2. The summed E-state index contributed by atoms with van der Waals surface area (Å²) in [6, 6.07) is 19.7. The monoisotopic (exact) mass is 741 g/mol. The summed E-state index contributed by atoms with van der Waals surface area (Å²) in [4.78, 5) is 44.8. The molecule has 0 spiro atoms. The molecular weight excluding hydrogens is 707 g/mol. The van der Waals surface area contributed by atoms with Gasteiger partial charge in [0.15, 0.2) is 16.3 Å². The van der Waals surface area contributed by atoms with Crippen LogP contribution in [0.3, 0.4) is 0 Å². The molecule has 1 unspecified atom stereocenters. The van der Waals surface area contributed by atoms with Gasteiger partial charge in [-0.1, -0.05) is 47.7 Å². The van der Waals surface area contributed by atoms with Gasteiger partial charge in [-0.15, -0.1) is 0 Å². The summed E-state index contributed by atoms with van der Waals surface area (Å²) in [5.41, 5.74) is 3.14. The highest BCUT2D eigenvalue weighted by Crippen LogP contribution is 2.36. The molecule has 52 heavy (non-hydrogen) atoms. The summed E-state index contributed by atoms with van der Waals surface area (Å²) in [6.07, 6.45) is 3.50. The summed E-state index contributed by atoms with van der Waals surface area (Å²) < 4.78 is 46.3. The first-order valence-electron chi connectivity index (χ1n) is 16.1. The lowest BCUT2D eigenvalue weighted by molar-refractivity contribution is -0.139. The summed E-state index contributed by atoms with van der Waals surface area (Å²) in [5.74, 6) is -0.751. The van der Waals surface area contributed by atoms with Crippen molar-refractivity contribution < 1.29 is 32.2 Å². The number of fused-ring (bicyclic) bond motifs is 1. The zero-order chi connectivity index (χ0) is 37.3. The van der Waals surface area contributed by atoms with Crippen molar-refractivity contribution in [1.82, 2.24) is 18.7 Å². The van der Waals surface area contributed by atoms with E-state index in [-0.39, 0.29) is 28.6 Å². The normalized spacial score (nSPS) is 14.6. The van der Waals surface area contributed by atoms with E-state index in [1.54, 1.807) is 61.1 Å². The molecule has 15 heteroatoms. The van der Waals surface area contributed by atoms with E-state index < -0.39 is 33.6 Å². The second-order valence-electron chi connectivity index (χ2n) is 11.8. The first-order valence-corrected chi connectivity index (χ1v) is 18.3. The van der Waals surface area contributed by atoms with Crippen LogP contribution in [0.1, 0.15) is 37.9 Å². The van der Waals surface area contributed by atoms with Gasteiger partial charge in [-0.2, -0.15) is 5.10 Å². The number of sulfonamides is 1. The molecule has 0 radical (unpaired) electrons. The number of methoxy groups -OCH3 is 1. The third kappa shape index (κ3) is 6.85. The minimum Gasteiger partial charge on any atom is -0.493 e. The predicted molar refractivity (Wildman–Crippen MR) is 195 cm³/mol. The molecule has 1 atom stereocenters. The van der Waals surface area contributed by atoms with Crippen LogP contribution in [-0.4, -0.2) is 66.8 Å². The van der Waals surface area contributed by atoms with Gasteiger partial charge in [0.25, 0.3) is 5.56 Å². The van der Waals surface area contributed by atoms with Crippen LogP contribution in [0.2, 0.25) is 0 Å². The van der Waals surface area contributed by atoms with Gasteiger partial charge in [0.2, 0.25) is 10.0 Å². The Labute approximate surface area is 303 Å². The van der Waals surface area contributed by atoms with Gasteiger partial charge in [-0.05, 0) is 61.9 Å². The van der Waals surface area contributed by atoms with Crippen molar-refractivity contribution in [3.63, 3.8) is 0 Å². The molecule has 3 heterocycles.